The fraction of sp³-hybridized carbons (Fsp3) is 0.765. The van der Waals surface area contributed by atoms with Gasteiger partial charge in [-0.05, 0) is 30.7 Å². The lowest BCUT2D eigenvalue weighted by atomic mass is 10.4. The Labute approximate surface area is 141 Å². The maximum absolute atomic E-state index is 2.36. The van der Waals surface area contributed by atoms with E-state index in [2.05, 4.69) is 38.3 Å². The molecule has 0 radical (unpaired) electrons. The molecule has 0 aliphatic heterocycles. The summed E-state index contributed by atoms with van der Waals surface area (Å²) < 4.78 is 0. The number of unbranched alkanes of at least 4 members (excludes halogenated alkanes) is 3. The van der Waals surface area contributed by atoms with E-state index in [4.69, 9.17) is 0 Å². The highest BCUT2D eigenvalue weighted by molar-refractivity contribution is 7.75. The molecule has 0 atom stereocenters. The fourth-order valence-electron chi connectivity index (χ4n) is 2.79. The molecule has 1 aromatic rings. The van der Waals surface area contributed by atoms with Crippen LogP contribution in [0, 0.1) is 0 Å². The van der Waals surface area contributed by atoms with Crippen molar-refractivity contribution in [3.8, 4) is 0 Å². The van der Waals surface area contributed by atoms with Gasteiger partial charge in [0.05, 0.1) is 24.6 Å². The number of thiophene rings is 1. The Morgan fingerprint density at radius 2 is 1.40 bits per heavy atom. The van der Waals surface area contributed by atoms with Gasteiger partial charge in [0.1, 0.15) is 0 Å². The van der Waals surface area contributed by atoms with E-state index in [0.717, 1.165) is 0 Å². The molecule has 0 unspecified atom stereocenters. The van der Waals surface area contributed by atoms with Crippen molar-refractivity contribution in [2.45, 2.75) is 65.5 Å². The van der Waals surface area contributed by atoms with Crippen LogP contribution in [0.1, 0.15) is 64.2 Å². The standard InChI is InChI=1S/C17H32PS.BrH/c1-4-7-12-18(13-8-5-2,14-9-6-3)16-17-11-10-15-19-17;/h10-11,15H,4-9,12-14,16H2,1-3H3;1H/q+1;/p-1. The van der Waals surface area contributed by atoms with Gasteiger partial charge < -0.3 is 17.0 Å². The summed E-state index contributed by atoms with van der Waals surface area (Å²) in [6.45, 7) is 7.04. The van der Waals surface area contributed by atoms with Crippen molar-refractivity contribution < 1.29 is 17.0 Å². The second-order valence-electron chi connectivity index (χ2n) is 5.81. The summed E-state index contributed by atoms with van der Waals surface area (Å²) in [6, 6.07) is 4.59. The Hall–Kier alpha value is 0.610. The maximum atomic E-state index is 2.36. The molecular weight excluding hydrogens is 347 g/mol. The van der Waals surface area contributed by atoms with Crippen molar-refractivity contribution in [1.82, 2.24) is 0 Å². The molecule has 0 bridgehead atoms. The smallest absolute Gasteiger partial charge is 0.0934 e. The molecule has 0 fully saturated rings. The van der Waals surface area contributed by atoms with Crippen LogP contribution in [-0.4, -0.2) is 18.5 Å². The molecule has 1 rings (SSSR count). The van der Waals surface area contributed by atoms with Gasteiger partial charge in [0.15, 0.2) is 0 Å². The van der Waals surface area contributed by atoms with Gasteiger partial charge in [0.2, 0.25) is 0 Å². The van der Waals surface area contributed by atoms with Crippen LogP contribution in [0.4, 0.5) is 0 Å². The number of halogens is 1. The largest absolute Gasteiger partial charge is 1.00 e. The first-order valence-corrected chi connectivity index (χ1v) is 11.5. The summed E-state index contributed by atoms with van der Waals surface area (Å²) in [5.74, 6) is 0. The van der Waals surface area contributed by atoms with Crippen LogP contribution >= 0.6 is 18.6 Å². The van der Waals surface area contributed by atoms with Crippen LogP contribution in [-0.2, 0) is 6.16 Å². The van der Waals surface area contributed by atoms with Crippen molar-refractivity contribution in [2.24, 2.45) is 0 Å². The van der Waals surface area contributed by atoms with E-state index in [1.165, 1.54) is 44.7 Å². The monoisotopic (exact) mass is 378 g/mol. The van der Waals surface area contributed by atoms with Gasteiger partial charge in [-0.25, -0.2) is 0 Å². The van der Waals surface area contributed by atoms with Crippen molar-refractivity contribution in [1.29, 1.82) is 0 Å². The first-order chi connectivity index (χ1) is 9.26. The average molecular weight is 379 g/mol. The topological polar surface area (TPSA) is 0 Å². The van der Waals surface area contributed by atoms with E-state index >= 15 is 0 Å². The zero-order valence-corrected chi connectivity index (χ0v) is 16.8. The summed E-state index contributed by atoms with van der Waals surface area (Å²) in [5.41, 5.74) is 0. The average Bonchev–Trinajstić information content (AvgIpc) is 2.93. The molecule has 1 aromatic heterocycles. The molecule has 0 saturated heterocycles. The molecule has 0 N–H and O–H groups in total. The molecule has 20 heavy (non-hydrogen) atoms. The van der Waals surface area contributed by atoms with E-state index in [1.54, 1.807) is 23.4 Å². The van der Waals surface area contributed by atoms with Gasteiger partial charge in [-0.1, -0.05) is 46.1 Å². The van der Waals surface area contributed by atoms with Crippen LogP contribution in [0.15, 0.2) is 17.5 Å². The molecule has 0 saturated carbocycles. The Morgan fingerprint density at radius 1 is 0.900 bits per heavy atom. The Kier molecular flexibility index (Phi) is 12.6. The second-order valence-corrected chi connectivity index (χ2v) is 11.2. The zero-order valence-electron chi connectivity index (χ0n) is 13.5. The first kappa shape index (κ1) is 20.6. The number of hydrogen-bond donors (Lipinski definition) is 0. The van der Waals surface area contributed by atoms with Crippen LogP contribution in [0.25, 0.3) is 0 Å². The Bertz CT molecular complexity index is 289. The van der Waals surface area contributed by atoms with E-state index < -0.39 is 7.26 Å². The van der Waals surface area contributed by atoms with E-state index in [1.807, 2.05) is 11.3 Å². The summed E-state index contributed by atoms with van der Waals surface area (Å²) in [5, 5.41) is 2.25. The molecule has 1 heterocycles. The predicted octanol–water partition coefficient (Wildman–Crippen LogP) is 3.67. The summed E-state index contributed by atoms with van der Waals surface area (Å²) in [7, 11) is -0.724. The minimum Gasteiger partial charge on any atom is -1.00 e. The highest BCUT2D eigenvalue weighted by Gasteiger charge is 2.35. The third-order valence-corrected chi connectivity index (χ3v) is 9.93. The highest BCUT2D eigenvalue weighted by Crippen LogP contribution is 2.63. The molecule has 118 valence electrons. The number of hydrogen-bond acceptors (Lipinski definition) is 1. The summed E-state index contributed by atoms with van der Waals surface area (Å²) >= 11 is 1.98. The lowest BCUT2D eigenvalue weighted by molar-refractivity contribution is -0.00000423. The van der Waals surface area contributed by atoms with Crippen LogP contribution in [0.3, 0.4) is 0 Å². The van der Waals surface area contributed by atoms with Gasteiger partial charge in [-0.15, -0.1) is 11.3 Å². The third kappa shape index (κ3) is 7.57. The molecular formula is C17H32BrPS. The Balaban J connectivity index is 0.00000361. The van der Waals surface area contributed by atoms with Crippen molar-refractivity contribution in [3.63, 3.8) is 0 Å². The fourth-order valence-corrected chi connectivity index (χ4v) is 9.27. The molecule has 0 nitrogen and oxygen atoms in total. The van der Waals surface area contributed by atoms with Crippen molar-refractivity contribution in [3.05, 3.63) is 22.4 Å². The second kappa shape index (κ2) is 12.2. The predicted molar refractivity (Wildman–Crippen MR) is 94.3 cm³/mol. The summed E-state index contributed by atoms with van der Waals surface area (Å²) in [6.07, 6.45) is 14.5. The molecule has 0 aliphatic rings. The van der Waals surface area contributed by atoms with E-state index in [9.17, 15) is 0 Å². The minimum atomic E-state index is -0.724. The van der Waals surface area contributed by atoms with Crippen LogP contribution in [0.5, 0.6) is 0 Å². The molecule has 0 spiro atoms. The van der Waals surface area contributed by atoms with Gasteiger partial charge in [-0.2, -0.15) is 0 Å². The normalized spacial score (nSPS) is 11.3. The van der Waals surface area contributed by atoms with Crippen molar-refractivity contribution >= 4 is 18.6 Å². The van der Waals surface area contributed by atoms with Gasteiger partial charge in [-0.3, -0.25) is 0 Å². The summed E-state index contributed by atoms with van der Waals surface area (Å²) in [4.78, 5) is 1.65. The van der Waals surface area contributed by atoms with Crippen molar-refractivity contribution in [2.75, 3.05) is 18.5 Å². The van der Waals surface area contributed by atoms with Gasteiger partial charge >= 0.3 is 0 Å². The minimum absolute atomic E-state index is 0. The molecule has 0 aromatic carbocycles. The molecule has 3 heteroatoms. The lowest BCUT2D eigenvalue weighted by Crippen LogP contribution is -3.00. The highest BCUT2D eigenvalue weighted by atomic mass is 79.9. The lowest BCUT2D eigenvalue weighted by Gasteiger charge is -2.27. The van der Waals surface area contributed by atoms with E-state index in [-0.39, 0.29) is 17.0 Å². The van der Waals surface area contributed by atoms with Gasteiger partial charge in [0, 0.05) is 12.1 Å². The molecule has 0 aliphatic carbocycles. The SMILES string of the molecule is CCCC[P+](CCCC)(CCCC)Cc1cccs1.[Br-]. The van der Waals surface area contributed by atoms with E-state index in [0.29, 0.717) is 0 Å². The van der Waals surface area contributed by atoms with Gasteiger partial charge in [0.25, 0.3) is 0 Å². The Morgan fingerprint density at radius 3 is 1.75 bits per heavy atom. The van der Waals surface area contributed by atoms with Crippen LogP contribution in [0.2, 0.25) is 0 Å². The number of rotatable bonds is 11. The maximum Gasteiger partial charge on any atom is 0.0934 e. The molecule has 0 amide bonds. The third-order valence-electron chi connectivity index (χ3n) is 4.03. The quantitative estimate of drug-likeness (QED) is 0.515. The van der Waals surface area contributed by atoms with Crippen LogP contribution < -0.4 is 17.0 Å². The zero-order chi connectivity index (χ0) is 14.0. The first-order valence-electron chi connectivity index (χ1n) is 8.13.